The van der Waals surface area contributed by atoms with Gasteiger partial charge in [-0.1, -0.05) is 38.8 Å². The fourth-order valence-electron chi connectivity index (χ4n) is 0. The first-order valence-electron chi connectivity index (χ1n) is 1.73. The summed E-state index contributed by atoms with van der Waals surface area (Å²) in [5.41, 5.74) is 0. The van der Waals surface area contributed by atoms with Gasteiger partial charge in [0.2, 0.25) is 0 Å². The summed E-state index contributed by atoms with van der Waals surface area (Å²) in [7, 11) is 0. The van der Waals surface area contributed by atoms with E-state index in [0.717, 1.165) is 6.42 Å². The van der Waals surface area contributed by atoms with E-state index in [4.69, 9.17) is 0 Å². The maximum absolute atomic E-state index is 3.66. The van der Waals surface area contributed by atoms with Gasteiger partial charge in [-0.3, -0.25) is 0 Å². The molecule has 0 saturated heterocycles. The molecule has 0 heterocycles. The van der Waals surface area contributed by atoms with Gasteiger partial charge in [0.15, 0.2) is 0 Å². The molecule has 0 saturated carbocycles. The fourth-order valence-corrected chi connectivity index (χ4v) is 0. The highest BCUT2D eigenvalue weighted by molar-refractivity contribution is 9.25. The molecule has 0 N–H and O–H groups in total. The molecular weight excluding hydrogens is 208 g/mol. The summed E-state index contributed by atoms with van der Waals surface area (Å²) in [4.78, 5) is 0. The van der Waals surface area contributed by atoms with Crippen LogP contribution in [0.4, 0.5) is 0 Å². The lowest BCUT2D eigenvalue weighted by atomic mass is 10.4. The highest BCUT2D eigenvalue weighted by Gasteiger charge is 2.09. The van der Waals surface area contributed by atoms with E-state index in [1.54, 1.807) is 0 Å². The molecule has 0 amide bonds. The molecule has 0 spiro atoms. The van der Waals surface area contributed by atoms with Crippen molar-refractivity contribution < 1.29 is 0 Å². The molecule has 0 rings (SSSR count). The molecule has 6 heavy (non-hydrogen) atoms. The summed E-state index contributed by atoms with van der Waals surface area (Å²) >= 11 is 6.66. The van der Waals surface area contributed by atoms with Crippen LogP contribution in [0.5, 0.6) is 0 Å². The van der Waals surface area contributed by atoms with Crippen LogP contribution in [0.2, 0.25) is 0 Å². The summed E-state index contributed by atoms with van der Waals surface area (Å²) in [6, 6.07) is 0. The van der Waals surface area contributed by atoms with E-state index in [-0.39, 0.29) is 3.23 Å². The van der Waals surface area contributed by atoms with E-state index >= 15 is 0 Å². The van der Waals surface area contributed by atoms with Crippen LogP contribution in [0.15, 0.2) is 0 Å². The third kappa shape index (κ3) is 4.96. The first kappa shape index (κ1) is 6.96. The first-order chi connectivity index (χ1) is 2.56. The zero-order valence-corrected chi connectivity index (χ0v) is 6.84. The Balaban J connectivity index is 3.17. The van der Waals surface area contributed by atoms with Crippen molar-refractivity contribution >= 4 is 31.9 Å². The molecule has 0 aromatic heterocycles. The van der Waals surface area contributed by atoms with Crippen molar-refractivity contribution in [1.29, 1.82) is 0 Å². The topological polar surface area (TPSA) is 0 Å². The van der Waals surface area contributed by atoms with Crippen LogP contribution in [0, 0.1) is 6.92 Å². The third-order valence-electron chi connectivity index (χ3n) is 0.439. The van der Waals surface area contributed by atoms with Crippen LogP contribution in [0.1, 0.15) is 13.3 Å². The number of halogens is 2. The van der Waals surface area contributed by atoms with Crippen LogP contribution < -0.4 is 0 Å². The standard InChI is InChI=1S/C4H7Br2/c1-3-4(2,5)6/h1,3H2,2H3. The Morgan fingerprint density at radius 1 is 1.67 bits per heavy atom. The Bertz CT molecular complexity index is 35.3. The van der Waals surface area contributed by atoms with Gasteiger partial charge in [-0.25, -0.2) is 0 Å². The molecule has 0 aromatic rings. The molecule has 0 atom stereocenters. The van der Waals surface area contributed by atoms with Crippen molar-refractivity contribution in [3.63, 3.8) is 0 Å². The lowest BCUT2D eigenvalue weighted by Gasteiger charge is -2.07. The van der Waals surface area contributed by atoms with Gasteiger partial charge in [-0.15, -0.1) is 0 Å². The van der Waals surface area contributed by atoms with E-state index in [1.165, 1.54) is 0 Å². The highest BCUT2D eigenvalue weighted by atomic mass is 79.9. The highest BCUT2D eigenvalue weighted by Crippen LogP contribution is 2.27. The summed E-state index contributed by atoms with van der Waals surface area (Å²) in [6.07, 6.45) is 0.854. The van der Waals surface area contributed by atoms with Crippen LogP contribution in [-0.2, 0) is 0 Å². The Labute approximate surface area is 55.6 Å². The van der Waals surface area contributed by atoms with E-state index in [0.29, 0.717) is 0 Å². The van der Waals surface area contributed by atoms with Gasteiger partial charge in [-0.2, -0.15) is 0 Å². The first-order valence-corrected chi connectivity index (χ1v) is 3.32. The van der Waals surface area contributed by atoms with Gasteiger partial charge >= 0.3 is 0 Å². The number of rotatable bonds is 1. The third-order valence-corrected chi connectivity index (χ3v) is 1.23. The monoisotopic (exact) mass is 213 g/mol. The van der Waals surface area contributed by atoms with Crippen LogP contribution in [0.3, 0.4) is 0 Å². The smallest absolute Gasteiger partial charge is 0.0730 e. The second-order valence-corrected chi connectivity index (χ2v) is 5.88. The van der Waals surface area contributed by atoms with E-state index < -0.39 is 0 Å². The summed E-state index contributed by atoms with van der Waals surface area (Å²) in [5, 5.41) is 0. The molecule has 0 nitrogen and oxygen atoms in total. The molecule has 0 fully saturated rings. The minimum atomic E-state index is 0.0556. The number of hydrogen-bond donors (Lipinski definition) is 0. The van der Waals surface area contributed by atoms with Gasteiger partial charge in [0.25, 0.3) is 0 Å². The molecule has 0 aliphatic rings. The van der Waals surface area contributed by atoms with E-state index in [1.807, 2.05) is 6.92 Å². The van der Waals surface area contributed by atoms with Crippen molar-refractivity contribution in [2.24, 2.45) is 0 Å². The normalized spacial score (nSPS) is 12.0. The Hall–Kier alpha value is 0.960. The van der Waals surface area contributed by atoms with Crippen molar-refractivity contribution in [3.8, 4) is 0 Å². The largest absolute Gasteiger partial charge is 0.0777 e. The molecule has 37 valence electrons. The van der Waals surface area contributed by atoms with Crippen LogP contribution in [-0.4, -0.2) is 3.23 Å². The quantitative estimate of drug-likeness (QED) is 0.589. The Morgan fingerprint density at radius 3 is 1.83 bits per heavy atom. The Morgan fingerprint density at radius 2 is 1.83 bits per heavy atom. The molecule has 0 aliphatic carbocycles. The average molecular weight is 215 g/mol. The maximum atomic E-state index is 3.66. The average Bonchev–Trinajstić information content (AvgIpc) is 1.35. The summed E-state index contributed by atoms with van der Waals surface area (Å²) in [6.45, 7) is 5.68. The number of alkyl halides is 2. The fraction of sp³-hybridized carbons (Fsp3) is 0.750. The van der Waals surface area contributed by atoms with Gasteiger partial charge in [0, 0.05) is 0 Å². The number of hydrogen-bond acceptors (Lipinski definition) is 0. The van der Waals surface area contributed by atoms with Crippen molar-refractivity contribution in [2.75, 3.05) is 0 Å². The zero-order chi connectivity index (χ0) is 5.21. The molecule has 0 aliphatic heterocycles. The van der Waals surface area contributed by atoms with E-state index in [2.05, 4.69) is 38.8 Å². The maximum Gasteiger partial charge on any atom is 0.0777 e. The molecule has 0 bridgehead atoms. The van der Waals surface area contributed by atoms with Crippen molar-refractivity contribution in [3.05, 3.63) is 6.92 Å². The Kier molecular flexibility index (Phi) is 2.68. The lowest BCUT2D eigenvalue weighted by Crippen LogP contribution is -1.99. The van der Waals surface area contributed by atoms with Crippen molar-refractivity contribution in [1.82, 2.24) is 0 Å². The van der Waals surface area contributed by atoms with E-state index in [9.17, 15) is 0 Å². The second kappa shape index (κ2) is 2.31. The molecule has 1 radical (unpaired) electrons. The summed E-state index contributed by atoms with van der Waals surface area (Å²) < 4.78 is 0.0556. The molecule has 0 unspecified atom stereocenters. The minimum Gasteiger partial charge on any atom is -0.0730 e. The predicted octanol–water partition coefficient (Wildman–Crippen LogP) is 2.72. The SMILES string of the molecule is [CH2]CC(C)(Br)Br. The molecular formula is C4H7Br2. The summed E-state index contributed by atoms with van der Waals surface area (Å²) in [5.74, 6) is 0. The van der Waals surface area contributed by atoms with Gasteiger partial charge in [0.05, 0.1) is 3.23 Å². The van der Waals surface area contributed by atoms with Crippen LogP contribution >= 0.6 is 31.9 Å². The molecule has 0 aromatic carbocycles. The molecule has 2 heteroatoms. The van der Waals surface area contributed by atoms with Gasteiger partial charge in [-0.05, 0) is 13.3 Å². The lowest BCUT2D eigenvalue weighted by molar-refractivity contribution is 0.947. The predicted molar refractivity (Wildman–Crippen MR) is 36.2 cm³/mol. The van der Waals surface area contributed by atoms with Gasteiger partial charge < -0.3 is 0 Å². The second-order valence-electron chi connectivity index (χ2n) is 1.32. The van der Waals surface area contributed by atoms with Gasteiger partial charge in [0.1, 0.15) is 0 Å². The minimum absolute atomic E-state index is 0.0556. The van der Waals surface area contributed by atoms with Crippen molar-refractivity contribution in [2.45, 2.75) is 16.6 Å². The zero-order valence-electron chi connectivity index (χ0n) is 3.67. The van der Waals surface area contributed by atoms with Crippen LogP contribution in [0.25, 0.3) is 0 Å².